The molecule has 0 saturated heterocycles. The van der Waals surface area contributed by atoms with Gasteiger partial charge in [-0.2, -0.15) is 0 Å². The summed E-state index contributed by atoms with van der Waals surface area (Å²) in [6.07, 6.45) is 4.31. The lowest BCUT2D eigenvalue weighted by atomic mass is 10.1. The molecule has 0 fully saturated rings. The van der Waals surface area contributed by atoms with Crippen molar-refractivity contribution in [2.45, 2.75) is 58.7 Å². The third-order valence-corrected chi connectivity index (χ3v) is 3.49. The molecule has 1 aromatic rings. The molecule has 2 heterocycles. The normalized spacial score (nSPS) is 19.8. The zero-order valence-corrected chi connectivity index (χ0v) is 12.0. The highest BCUT2D eigenvalue weighted by Gasteiger charge is 2.24. The van der Waals surface area contributed by atoms with Gasteiger partial charge in [-0.1, -0.05) is 6.92 Å². The minimum absolute atomic E-state index is 0.00892. The van der Waals surface area contributed by atoms with Crippen molar-refractivity contribution in [2.75, 3.05) is 6.61 Å². The highest BCUT2D eigenvalue weighted by Crippen LogP contribution is 2.15. The Balaban J connectivity index is 1.92. The summed E-state index contributed by atoms with van der Waals surface area (Å²) in [6.45, 7) is 7.27. The number of imidazole rings is 1. The molecule has 0 aromatic carbocycles. The molecule has 1 aromatic heterocycles. The van der Waals surface area contributed by atoms with Gasteiger partial charge in [-0.05, 0) is 26.7 Å². The molecule has 1 N–H and O–H groups in total. The van der Waals surface area contributed by atoms with E-state index in [4.69, 9.17) is 4.74 Å². The molecular weight excluding hydrogens is 242 g/mol. The Hall–Kier alpha value is -1.36. The standard InChI is InChI=1S/C14H23N3O2/c1-4-12(19-5-2)14(18)16-11-6-7-13-15-10(3)8-17(13)9-11/h8,11-12H,4-7,9H2,1-3H3,(H,16,18)/t11-,12+/m0/s1. The number of nitrogens with one attached hydrogen (secondary N) is 1. The first-order chi connectivity index (χ1) is 9.13. The van der Waals surface area contributed by atoms with Crippen LogP contribution in [0.1, 0.15) is 38.2 Å². The predicted octanol–water partition coefficient (Wildman–Crippen LogP) is 1.44. The summed E-state index contributed by atoms with van der Waals surface area (Å²) in [5.74, 6) is 1.13. The van der Waals surface area contributed by atoms with Gasteiger partial charge in [-0.25, -0.2) is 4.98 Å². The number of aryl methyl sites for hydroxylation is 2. The molecule has 0 saturated carbocycles. The summed E-state index contributed by atoms with van der Waals surface area (Å²) in [5, 5.41) is 3.09. The SMILES string of the molecule is CCO[C@H](CC)C(=O)N[C@H]1CCc2nc(C)cn2C1. The predicted molar refractivity (Wildman–Crippen MR) is 72.9 cm³/mol. The third-order valence-electron chi connectivity index (χ3n) is 3.49. The van der Waals surface area contributed by atoms with Gasteiger partial charge in [0.1, 0.15) is 11.9 Å². The molecule has 0 radical (unpaired) electrons. The number of rotatable bonds is 5. The summed E-state index contributed by atoms with van der Waals surface area (Å²) in [7, 11) is 0. The van der Waals surface area contributed by atoms with Gasteiger partial charge in [-0.3, -0.25) is 4.79 Å². The van der Waals surface area contributed by atoms with Gasteiger partial charge in [0.15, 0.2) is 0 Å². The van der Waals surface area contributed by atoms with Crippen molar-refractivity contribution in [3.63, 3.8) is 0 Å². The fraction of sp³-hybridized carbons (Fsp3) is 0.714. The van der Waals surface area contributed by atoms with Gasteiger partial charge < -0.3 is 14.6 Å². The fourth-order valence-electron chi connectivity index (χ4n) is 2.58. The number of hydrogen-bond acceptors (Lipinski definition) is 3. The third kappa shape index (κ3) is 3.35. The maximum absolute atomic E-state index is 12.1. The van der Waals surface area contributed by atoms with E-state index in [1.165, 1.54) is 0 Å². The summed E-state index contributed by atoms with van der Waals surface area (Å²) in [5.41, 5.74) is 1.04. The van der Waals surface area contributed by atoms with Crippen molar-refractivity contribution in [2.24, 2.45) is 0 Å². The Kier molecular flexibility index (Phi) is 4.58. The Bertz CT molecular complexity index is 442. The number of hydrogen-bond donors (Lipinski definition) is 1. The average Bonchev–Trinajstić information content (AvgIpc) is 2.75. The minimum atomic E-state index is -0.323. The van der Waals surface area contributed by atoms with Crippen LogP contribution in [-0.4, -0.2) is 34.2 Å². The number of nitrogens with zero attached hydrogens (tertiary/aromatic N) is 2. The van der Waals surface area contributed by atoms with E-state index in [9.17, 15) is 4.79 Å². The molecule has 0 spiro atoms. The van der Waals surface area contributed by atoms with Crippen molar-refractivity contribution >= 4 is 5.91 Å². The molecule has 5 heteroatoms. The second-order valence-electron chi connectivity index (χ2n) is 5.05. The Morgan fingerprint density at radius 2 is 2.42 bits per heavy atom. The second kappa shape index (κ2) is 6.19. The van der Waals surface area contributed by atoms with Gasteiger partial charge in [-0.15, -0.1) is 0 Å². The first kappa shape index (κ1) is 14.1. The van der Waals surface area contributed by atoms with Gasteiger partial charge >= 0.3 is 0 Å². The van der Waals surface area contributed by atoms with Crippen molar-refractivity contribution in [1.29, 1.82) is 0 Å². The maximum Gasteiger partial charge on any atom is 0.249 e. The largest absolute Gasteiger partial charge is 0.369 e. The van der Waals surface area contributed by atoms with E-state index < -0.39 is 0 Å². The highest BCUT2D eigenvalue weighted by atomic mass is 16.5. The first-order valence-corrected chi connectivity index (χ1v) is 7.08. The van der Waals surface area contributed by atoms with Crippen molar-refractivity contribution < 1.29 is 9.53 Å². The zero-order chi connectivity index (χ0) is 13.8. The lowest BCUT2D eigenvalue weighted by molar-refractivity contribution is -0.133. The molecule has 106 valence electrons. The quantitative estimate of drug-likeness (QED) is 0.876. The highest BCUT2D eigenvalue weighted by molar-refractivity contribution is 5.81. The number of ether oxygens (including phenoxy) is 1. The van der Waals surface area contributed by atoms with Crippen molar-refractivity contribution in [3.8, 4) is 0 Å². The van der Waals surface area contributed by atoms with Crippen LogP contribution in [0.15, 0.2) is 6.20 Å². The number of amides is 1. The molecule has 0 unspecified atom stereocenters. The maximum atomic E-state index is 12.1. The van der Waals surface area contributed by atoms with Gasteiger partial charge in [0.25, 0.3) is 0 Å². The number of aromatic nitrogens is 2. The molecule has 1 amide bonds. The van der Waals surface area contributed by atoms with E-state index in [0.29, 0.717) is 13.0 Å². The van der Waals surface area contributed by atoms with E-state index in [-0.39, 0.29) is 18.1 Å². The first-order valence-electron chi connectivity index (χ1n) is 7.08. The van der Waals surface area contributed by atoms with Crippen LogP contribution >= 0.6 is 0 Å². The van der Waals surface area contributed by atoms with Gasteiger partial charge in [0, 0.05) is 31.8 Å². The molecular formula is C14H23N3O2. The summed E-state index contributed by atoms with van der Waals surface area (Å²) in [6, 6.07) is 0.183. The van der Waals surface area contributed by atoms with Crippen LogP contribution in [-0.2, 0) is 22.5 Å². The summed E-state index contributed by atoms with van der Waals surface area (Å²) >= 11 is 0. The Morgan fingerprint density at radius 1 is 1.63 bits per heavy atom. The van der Waals surface area contributed by atoms with Crippen LogP contribution in [0.25, 0.3) is 0 Å². The molecule has 1 aliphatic rings. The number of fused-ring (bicyclic) bond motifs is 1. The molecule has 2 atom stereocenters. The lowest BCUT2D eigenvalue weighted by Gasteiger charge is -2.26. The van der Waals surface area contributed by atoms with Crippen LogP contribution in [0.4, 0.5) is 0 Å². The monoisotopic (exact) mass is 265 g/mol. The van der Waals surface area contributed by atoms with Crippen LogP contribution in [0.5, 0.6) is 0 Å². The lowest BCUT2D eigenvalue weighted by Crippen LogP contribution is -2.45. The van der Waals surface area contributed by atoms with E-state index >= 15 is 0 Å². The van der Waals surface area contributed by atoms with Crippen LogP contribution in [0.2, 0.25) is 0 Å². The van der Waals surface area contributed by atoms with E-state index in [2.05, 4.69) is 14.9 Å². The minimum Gasteiger partial charge on any atom is -0.369 e. The summed E-state index contributed by atoms with van der Waals surface area (Å²) < 4.78 is 7.58. The van der Waals surface area contributed by atoms with E-state index in [1.807, 2.05) is 27.0 Å². The topological polar surface area (TPSA) is 56.1 Å². The molecule has 0 aliphatic carbocycles. The fourth-order valence-corrected chi connectivity index (χ4v) is 2.58. The molecule has 5 nitrogen and oxygen atoms in total. The Labute approximate surface area is 114 Å². The molecule has 2 rings (SSSR count). The van der Waals surface area contributed by atoms with Gasteiger partial charge in [0.05, 0.1) is 5.69 Å². The number of carbonyl (C=O) groups is 1. The summed E-state index contributed by atoms with van der Waals surface area (Å²) in [4.78, 5) is 16.6. The second-order valence-corrected chi connectivity index (χ2v) is 5.05. The van der Waals surface area contributed by atoms with Crippen molar-refractivity contribution in [3.05, 3.63) is 17.7 Å². The molecule has 0 bridgehead atoms. The number of carbonyl (C=O) groups excluding carboxylic acids is 1. The van der Waals surface area contributed by atoms with Gasteiger partial charge in [0.2, 0.25) is 5.91 Å². The Morgan fingerprint density at radius 3 is 3.11 bits per heavy atom. The smallest absolute Gasteiger partial charge is 0.249 e. The average molecular weight is 265 g/mol. The van der Waals surface area contributed by atoms with E-state index in [0.717, 1.165) is 30.9 Å². The van der Waals surface area contributed by atoms with Crippen molar-refractivity contribution in [1.82, 2.24) is 14.9 Å². The van der Waals surface area contributed by atoms with E-state index in [1.54, 1.807) is 0 Å². The van der Waals surface area contributed by atoms with Crippen LogP contribution < -0.4 is 5.32 Å². The molecule has 1 aliphatic heterocycles. The van der Waals surface area contributed by atoms with Crippen LogP contribution in [0, 0.1) is 6.92 Å². The molecule has 19 heavy (non-hydrogen) atoms. The van der Waals surface area contributed by atoms with Crippen LogP contribution in [0.3, 0.4) is 0 Å². The zero-order valence-electron chi connectivity index (χ0n) is 12.0.